The maximum Gasteiger partial charge on any atom is 0.337 e. The van der Waals surface area contributed by atoms with E-state index in [0.29, 0.717) is 35.6 Å². The first-order valence-corrected chi connectivity index (χ1v) is 8.78. The normalized spacial score (nSPS) is 16.4. The predicted molar refractivity (Wildman–Crippen MR) is 101 cm³/mol. The van der Waals surface area contributed by atoms with Crippen molar-refractivity contribution in [2.24, 2.45) is 0 Å². The summed E-state index contributed by atoms with van der Waals surface area (Å²) in [5, 5.41) is 5.51. The minimum atomic E-state index is -0.645. The van der Waals surface area contributed by atoms with Gasteiger partial charge < -0.3 is 20.1 Å². The van der Waals surface area contributed by atoms with Gasteiger partial charge in [-0.1, -0.05) is 55.5 Å². The third kappa shape index (κ3) is 4.11. The summed E-state index contributed by atoms with van der Waals surface area (Å²) in [7, 11) is 1.33. The molecule has 1 atom stereocenters. The molecule has 2 aromatic rings. The number of urea groups is 1. The summed E-state index contributed by atoms with van der Waals surface area (Å²) in [5.74, 6) is 0.118. The van der Waals surface area contributed by atoms with Gasteiger partial charge in [0.1, 0.15) is 12.4 Å². The third-order valence-electron chi connectivity index (χ3n) is 4.38. The molecular weight excluding hydrogens is 344 g/mol. The van der Waals surface area contributed by atoms with Gasteiger partial charge in [0.15, 0.2) is 0 Å². The maximum absolute atomic E-state index is 12.4. The van der Waals surface area contributed by atoms with Crippen LogP contribution in [0.15, 0.2) is 65.9 Å². The summed E-state index contributed by atoms with van der Waals surface area (Å²) >= 11 is 0. The van der Waals surface area contributed by atoms with Gasteiger partial charge in [0.25, 0.3) is 0 Å². The standard InChI is InChI=1S/C21H22N2O4/c1-3-16-18(20(24)26-2)19(23-21(25)22-16)15-11-7-8-12-17(15)27-13-14-9-5-4-6-10-14/h4-12,19H,3,13H2,1-2H3,(H2,22,23,25). The quantitative estimate of drug-likeness (QED) is 0.768. The van der Waals surface area contributed by atoms with Gasteiger partial charge in [0.05, 0.1) is 18.7 Å². The Kier molecular flexibility index (Phi) is 5.76. The Bertz CT molecular complexity index is 861. The average molecular weight is 366 g/mol. The number of nitrogens with one attached hydrogen (secondary N) is 2. The lowest BCUT2D eigenvalue weighted by molar-refractivity contribution is -0.136. The lowest BCUT2D eigenvalue weighted by Crippen LogP contribution is -2.45. The fourth-order valence-electron chi connectivity index (χ4n) is 3.07. The van der Waals surface area contributed by atoms with E-state index in [1.54, 1.807) is 0 Å². The second-order valence-electron chi connectivity index (χ2n) is 6.08. The number of esters is 1. The van der Waals surface area contributed by atoms with Crippen molar-refractivity contribution in [3.05, 3.63) is 77.0 Å². The van der Waals surface area contributed by atoms with Crippen LogP contribution in [0, 0.1) is 0 Å². The lowest BCUT2D eigenvalue weighted by atomic mass is 9.93. The molecule has 0 saturated heterocycles. The summed E-state index contributed by atoms with van der Waals surface area (Å²) in [6, 6.07) is 16.2. The van der Waals surface area contributed by atoms with Gasteiger partial charge in [0, 0.05) is 11.3 Å². The minimum absolute atomic E-state index is 0.359. The summed E-state index contributed by atoms with van der Waals surface area (Å²) in [5.41, 5.74) is 2.66. The van der Waals surface area contributed by atoms with Crippen LogP contribution in [0.4, 0.5) is 4.79 Å². The van der Waals surface area contributed by atoms with Gasteiger partial charge in [-0.05, 0) is 18.1 Å². The number of benzene rings is 2. The summed E-state index contributed by atoms with van der Waals surface area (Å²) < 4.78 is 10.9. The van der Waals surface area contributed by atoms with E-state index in [-0.39, 0.29) is 6.03 Å². The first-order valence-electron chi connectivity index (χ1n) is 8.78. The molecule has 6 heteroatoms. The largest absolute Gasteiger partial charge is 0.489 e. The van der Waals surface area contributed by atoms with E-state index in [1.807, 2.05) is 61.5 Å². The van der Waals surface area contributed by atoms with E-state index in [4.69, 9.17) is 9.47 Å². The smallest absolute Gasteiger partial charge is 0.337 e. The number of para-hydroxylation sites is 1. The summed E-state index contributed by atoms with van der Waals surface area (Å²) in [6.07, 6.45) is 0.501. The summed E-state index contributed by atoms with van der Waals surface area (Å²) in [6.45, 7) is 2.26. The molecule has 3 rings (SSSR count). The third-order valence-corrected chi connectivity index (χ3v) is 4.38. The van der Waals surface area contributed by atoms with Crippen LogP contribution in [0.3, 0.4) is 0 Å². The Labute approximate surface area is 158 Å². The van der Waals surface area contributed by atoms with Crippen LogP contribution in [-0.2, 0) is 16.1 Å². The lowest BCUT2D eigenvalue weighted by Gasteiger charge is -2.29. The molecule has 2 N–H and O–H groups in total. The van der Waals surface area contributed by atoms with Crippen molar-refractivity contribution in [1.29, 1.82) is 0 Å². The molecule has 0 aliphatic carbocycles. The highest BCUT2D eigenvalue weighted by molar-refractivity contribution is 5.95. The van der Waals surface area contributed by atoms with Gasteiger partial charge in [-0.25, -0.2) is 9.59 Å². The number of carbonyl (C=O) groups excluding carboxylic acids is 2. The second-order valence-corrected chi connectivity index (χ2v) is 6.08. The molecule has 27 heavy (non-hydrogen) atoms. The molecule has 0 fully saturated rings. The monoisotopic (exact) mass is 366 g/mol. The molecule has 2 amide bonds. The number of amides is 2. The minimum Gasteiger partial charge on any atom is -0.489 e. The molecule has 1 unspecified atom stereocenters. The highest BCUT2D eigenvalue weighted by Gasteiger charge is 2.34. The highest BCUT2D eigenvalue weighted by Crippen LogP contribution is 2.34. The molecular formula is C21H22N2O4. The number of hydrogen-bond donors (Lipinski definition) is 2. The second kappa shape index (κ2) is 8.40. The summed E-state index contributed by atoms with van der Waals surface area (Å²) in [4.78, 5) is 24.5. The number of ether oxygens (including phenoxy) is 2. The first kappa shape index (κ1) is 18.5. The van der Waals surface area contributed by atoms with E-state index in [9.17, 15) is 9.59 Å². The number of hydrogen-bond acceptors (Lipinski definition) is 4. The van der Waals surface area contributed by atoms with Crippen molar-refractivity contribution in [1.82, 2.24) is 10.6 Å². The van der Waals surface area contributed by atoms with Crippen LogP contribution in [0.1, 0.15) is 30.5 Å². The van der Waals surface area contributed by atoms with E-state index in [1.165, 1.54) is 7.11 Å². The zero-order chi connectivity index (χ0) is 19.2. The van der Waals surface area contributed by atoms with Crippen LogP contribution in [0.2, 0.25) is 0 Å². The van der Waals surface area contributed by atoms with E-state index >= 15 is 0 Å². The van der Waals surface area contributed by atoms with Crippen LogP contribution < -0.4 is 15.4 Å². The van der Waals surface area contributed by atoms with Crippen molar-refractivity contribution in [2.75, 3.05) is 7.11 Å². The van der Waals surface area contributed by atoms with Crippen molar-refractivity contribution in [2.45, 2.75) is 26.0 Å². The van der Waals surface area contributed by atoms with Crippen molar-refractivity contribution >= 4 is 12.0 Å². The molecule has 2 aromatic carbocycles. The Morgan fingerprint density at radius 1 is 1.07 bits per heavy atom. The number of carbonyl (C=O) groups is 2. The molecule has 0 saturated carbocycles. The predicted octanol–water partition coefficient (Wildman–Crippen LogP) is 3.46. The maximum atomic E-state index is 12.4. The molecule has 140 valence electrons. The zero-order valence-corrected chi connectivity index (χ0v) is 15.3. The molecule has 6 nitrogen and oxygen atoms in total. The van der Waals surface area contributed by atoms with E-state index in [0.717, 1.165) is 5.56 Å². The molecule has 0 aromatic heterocycles. The van der Waals surface area contributed by atoms with Gasteiger partial charge in [0.2, 0.25) is 0 Å². The SMILES string of the molecule is CCC1=C(C(=O)OC)C(c2ccccc2OCc2ccccc2)NC(=O)N1. The highest BCUT2D eigenvalue weighted by atomic mass is 16.5. The van der Waals surface area contributed by atoms with Gasteiger partial charge in [-0.2, -0.15) is 0 Å². The van der Waals surface area contributed by atoms with Crippen molar-refractivity contribution in [3.63, 3.8) is 0 Å². The fraction of sp³-hybridized carbons (Fsp3) is 0.238. The molecule has 0 bridgehead atoms. The van der Waals surface area contributed by atoms with Crippen molar-refractivity contribution in [3.8, 4) is 5.75 Å². The number of methoxy groups -OCH3 is 1. The van der Waals surface area contributed by atoms with Crippen molar-refractivity contribution < 1.29 is 19.1 Å². The molecule has 1 aliphatic rings. The molecule has 0 radical (unpaired) electrons. The Morgan fingerprint density at radius 3 is 2.48 bits per heavy atom. The molecule has 1 heterocycles. The zero-order valence-electron chi connectivity index (χ0n) is 15.3. The van der Waals surface area contributed by atoms with Crippen LogP contribution in [0.5, 0.6) is 5.75 Å². The van der Waals surface area contributed by atoms with E-state index < -0.39 is 12.0 Å². The van der Waals surface area contributed by atoms with Crippen LogP contribution in [-0.4, -0.2) is 19.1 Å². The van der Waals surface area contributed by atoms with E-state index in [2.05, 4.69) is 10.6 Å². The Hall–Kier alpha value is -3.28. The topological polar surface area (TPSA) is 76.7 Å². The average Bonchev–Trinajstić information content (AvgIpc) is 2.72. The molecule has 1 aliphatic heterocycles. The number of allylic oxidation sites excluding steroid dienone is 1. The van der Waals surface area contributed by atoms with Crippen LogP contribution in [0.25, 0.3) is 0 Å². The fourth-order valence-corrected chi connectivity index (χ4v) is 3.07. The first-order chi connectivity index (χ1) is 13.1. The number of rotatable bonds is 6. The molecule has 0 spiro atoms. The van der Waals surface area contributed by atoms with Gasteiger partial charge in [-0.15, -0.1) is 0 Å². The van der Waals surface area contributed by atoms with Crippen LogP contribution >= 0.6 is 0 Å². The van der Waals surface area contributed by atoms with Gasteiger partial charge >= 0.3 is 12.0 Å². The Morgan fingerprint density at radius 2 is 1.78 bits per heavy atom. The Balaban J connectivity index is 1.96. The van der Waals surface area contributed by atoms with Gasteiger partial charge in [-0.3, -0.25) is 0 Å².